The lowest BCUT2D eigenvalue weighted by molar-refractivity contribution is -0.137. The normalized spacial score (nSPS) is 23.1. The van der Waals surface area contributed by atoms with E-state index in [0.29, 0.717) is 6.54 Å². The molecule has 0 bridgehead atoms. The SMILES string of the molecule is CCN(CC(=O)NC(C)C)C(=O)C1CC1N. The summed E-state index contributed by atoms with van der Waals surface area (Å²) in [6.45, 7) is 6.35. The van der Waals surface area contributed by atoms with Gasteiger partial charge in [-0.05, 0) is 27.2 Å². The van der Waals surface area contributed by atoms with E-state index < -0.39 is 0 Å². The Morgan fingerprint density at radius 2 is 2.06 bits per heavy atom. The summed E-state index contributed by atoms with van der Waals surface area (Å²) in [6, 6.07) is 0.0965. The molecule has 0 spiro atoms. The van der Waals surface area contributed by atoms with Crippen molar-refractivity contribution in [2.75, 3.05) is 13.1 Å². The molecule has 0 saturated heterocycles. The van der Waals surface area contributed by atoms with Gasteiger partial charge in [-0.1, -0.05) is 0 Å². The number of hydrogen-bond donors (Lipinski definition) is 2. The van der Waals surface area contributed by atoms with Gasteiger partial charge in [-0.2, -0.15) is 0 Å². The molecule has 1 aliphatic carbocycles. The third-order valence-corrected chi connectivity index (χ3v) is 2.63. The molecule has 0 aromatic heterocycles. The van der Waals surface area contributed by atoms with Crippen LogP contribution in [-0.4, -0.2) is 41.9 Å². The maximum atomic E-state index is 11.8. The summed E-state index contributed by atoms with van der Waals surface area (Å²) in [5, 5.41) is 2.77. The minimum absolute atomic E-state index is 0.00490. The van der Waals surface area contributed by atoms with Crippen molar-refractivity contribution in [3.05, 3.63) is 0 Å². The van der Waals surface area contributed by atoms with Crippen LogP contribution in [0.4, 0.5) is 0 Å². The van der Waals surface area contributed by atoms with E-state index >= 15 is 0 Å². The molecule has 92 valence electrons. The van der Waals surface area contributed by atoms with Gasteiger partial charge in [-0.25, -0.2) is 0 Å². The Hall–Kier alpha value is -1.10. The molecule has 5 nitrogen and oxygen atoms in total. The van der Waals surface area contributed by atoms with E-state index in [0.717, 1.165) is 6.42 Å². The van der Waals surface area contributed by atoms with Crippen molar-refractivity contribution < 1.29 is 9.59 Å². The maximum Gasteiger partial charge on any atom is 0.239 e. The molecule has 1 aliphatic rings. The van der Waals surface area contributed by atoms with Crippen molar-refractivity contribution in [1.82, 2.24) is 10.2 Å². The summed E-state index contributed by atoms with van der Waals surface area (Å²) >= 11 is 0. The fourth-order valence-corrected chi connectivity index (χ4v) is 1.62. The van der Waals surface area contributed by atoms with Crippen LogP contribution in [0, 0.1) is 5.92 Å². The van der Waals surface area contributed by atoms with Crippen LogP contribution in [0.5, 0.6) is 0 Å². The lowest BCUT2D eigenvalue weighted by Gasteiger charge is -2.21. The number of amides is 2. The Kier molecular flexibility index (Phi) is 4.29. The molecule has 1 rings (SSSR count). The molecule has 0 aliphatic heterocycles. The molecular formula is C11H21N3O2. The van der Waals surface area contributed by atoms with Gasteiger partial charge in [-0.3, -0.25) is 9.59 Å². The van der Waals surface area contributed by atoms with E-state index in [1.54, 1.807) is 4.90 Å². The number of likely N-dealkylation sites (N-methyl/N-ethyl adjacent to an activating group) is 1. The molecule has 1 saturated carbocycles. The lowest BCUT2D eigenvalue weighted by atomic mass is 10.3. The first-order chi connectivity index (χ1) is 7.45. The minimum atomic E-state index is -0.112. The molecular weight excluding hydrogens is 206 g/mol. The number of nitrogens with one attached hydrogen (secondary N) is 1. The van der Waals surface area contributed by atoms with Crippen LogP contribution in [0.3, 0.4) is 0 Å². The molecule has 3 N–H and O–H groups in total. The molecule has 0 aromatic carbocycles. The van der Waals surface area contributed by atoms with Crippen molar-refractivity contribution in [3.8, 4) is 0 Å². The van der Waals surface area contributed by atoms with E-state index in [1.165, 1.54) is 0 Å². The molecule has 2 amide bonds. The smallest absolute Gasteiger partial charge is 0.239 e. The second-order valence-electron chi connectivity index (χ2n) is 4.58. The largest absolute Gasteiger partial charge is 0.352 e. The zero-order valence-electron chi connectivity index (χ0n) is 10.2. The third-order valence-electron chi connectivity index (χ3n) is 2.63. The topological polar surface area (TPSA) is 75.4 Å². The minimum Gasteiger partial charge on any atom is -0.352 e. The highest BCUT2D eigenvalue weighted by Crippen LogP contribution is 2.29. The molecule has 1 fully saturated rings. The van der Waals surface area contributed by atoms with Gasteiger partial charge < -0.3 is 16.0 Å². The van der Waals surface area contributed by atoms with Crippen LogP contribution >= 0.6 is 0 Å². The predicted molar refractivity (Wildman–Crippen MR) is 61.6 cm³/mol. The van der Waals surface area contributed by atoms with Gasteiger partial charge in [0.1, 0.15) is 0 Å². The van der Waals surface area contributed by atoms with Crippen LogP contribution in [-0.2, 0) is 9.59 Å². The molecule has 5 heteroatoms. The second-order valence-corrected chi connectivity index (χ2v) is 4.58. The fraction of sp³-hybridized carbons (Fsp3) is 0.818. The van der Waals surface area contributed by atoms with Crippen molar-refractivity contribution in [2.24, 2.45) is 11.7 Å². The standard InChI is InChI=1S/C11H21N3O2/c1-4-14(6-10(15)13-7(2)3)11(16)8-5-9(8)12/h7-9H,4-6,12H2,1-3H3,(H,13,15). The summed E-state index contributed by atoms with van der Waals surface area (Å²) in [5.41, 5.74) is 5.62. The second kappa shape index (κ2) is 5.30. The van der Waals surface area contributed by atoms with E-state index in [1.807, 2.05) is 20.8 Å². The van der Waals surface area contributed by atoms with E-state index in [-0.39, 0.29) is 36.4 Å². The number of nitrogens with zero attached hydrogens (tertiary/aromatic N) is 1. The summed E-state index contributed by atoms with van der Waals surface area (Å²) in [5.74, 6) is -0.167. The van der Waals surface area contributed by atoms with Crippen molar-refractivity contribution in [2.45, 2.75) is 39.3 Å². The van der Waals surface area contributed by atoms with Gasteiger partial charge in [-0.15, -0.1) is 0 Å². The highest BCUT2D eigenvalue weighted by atomic mass is 16.2. The average Bonchev–Trinajstić information content (AvgIpc) is 2.89. The monoisotopic (exact) mass is 227 g/mol. The molecule has 0 heterocycles. The summed E-state index contributed by atoms with van der Waals surface area (Å²) in [7, 11) is 0. The highest BCUT2D eigenvalue weighted by Gasteiger charge is 2.42. The van der Waals surface area contributed by atoms with E-state index in [2.05, 4.69) is 5.32 Å². The van der Waals surface area contributed by atoms with Crippen LogP contribution in [0.2, 0.25) is 0 Å². The Labute approximate surface area is 96.4 Å². The van der Waals surface area contributed by atoms with E-state index in [9.17, 15) is 9.59 Å². The zero-order chi connectivity index (χ0) is 12.3. The Bertz CT molecular complexity index is 278. The van der Waals surface area contributed by atoms with Gasteiger partial charge in [0.05, 0.1) is 12.5 Å². The Morgan fingerprint density at radius 1 is 1.50 bits per heavy atom. The summed E-state index contributed by atoms with van der Waals surface area (Å²) < 4.78 is 0. The van der Waals surface area contributed by atoms with Gasteiger partial charge >= 0.3 is 0 Å². The Morgan fingerprint density at radius 3 is 2.44 bits per heavy atom. The molecule has 0 radical (unpaired) electrons. The average molecular weight is 227 g/mol. The first-order valence-corrected chi connectivity index (χ1v) is 5.79. The first kappa shape index (κ1) is 13.0. The van der Waals surface area contributed by atoms with E-state index in [4.69, 9.17) is 5.73 Å². The number of carbonyl (C=O) groups is 2. The molecule has 2 unspecified atom stereocenters. The quantitative estimate of drug-likeness (QED) is 0.677. The molecule has 0 aromatic rings. The zero-order valence-corrected chi connectivity index (χ0v) is 10.2. The van der Waals surface area contributed by atoms with Crippen LogP contribution in [0.25, 0.3) is 0 Å². The predicted octanol–water partition coefficient (Wildman–Crippen LogP) is -0.293. The molecule has 16 heavy (non-hydrogen) atoms. The fourth-order valence-electron chi connectivity index (χ4n) is 1.62. The maximum absolute atomic E-state index is 11.8. The van der Waals surface area contributed by atoms with Crippen LogP contribution in [0.1, 0.15) is 27.2 Å². The Balaban J connectivity index is 2.42. The van der Waals surface area contributed by atoms with Gasteiger partial charge in [0.15, 0.2) is 0 Å². The first-order valence-electron chi connectivity index (χ1n) is 5.79. The number of nitrogens with two attached hydrogens (primary N) is 1. The van der Waals surface area contributed by atoms with Gasteiger partial charge in [0.2, 0.25) is 11.8 Å². The number of hydrogen-bond acceptors (Lipinski definition) is 3. The highest BCUT2D eigenvalue weighted by molar-refractivity contribution is 5.87. The molecule has 2 atom stereocenters. The van der Waals surface area contributed by atoms with Gasteiger partial charge in [0, 0.05) is 18.6 Å². The van der Waals surface area contributed by atoms with Crippen molar-refractivity contribution >= 4 is 11.8 Å². The third kappa shape index (κ3) is 3.48. The van der Waals surface area contributed by atoms with Crippen molar-refractivity contribution in [1.29, 1.82) is 0 Å². The van der Waals surface area contributed by atoms with Gasteiger partial charge in [0.25, 0.3) is 0 Å². The van der Waals surface area contributed by atoms with Crippen LogP contribution < -0.4 is 11.1 Å². The van der Waals surface area contributed by atoms with Crippen molar-refractivity contribution in [3.63, 3.8) is 0 Å². The summed E-state index contributed by atoms with van der Waals surface area (Å²) in [4.78, 5) is 24.9. The lowest BCUT2D eigenvalue weighted by Crippen LogP contribution is -2.43. The number of carbonyl (C=O) groups excluding carboxylic acids is 2. The summed E-state index contributed by atoms with van der Waals surface area (Å²) in [6.07, 6.45) is 0.751. The van der Waals surface area contributed by atoms with Crippen LogP contribution in [0.15, 0.2) is 0 Å². The number of rotatable bonds is 5.